The van der Waals surface area contributed by atoms with Crippen molar-refractivity contribution in [3.05, 3.63) is 49.8 Å². The number of nitrogens with zero attached hydrogens (tertiary/aromatic N) is 2. The summed E-state index contributed by atoms with van der Waals surface area (Å²) in [6, 6.07) is 0. The summed E-state index contributed by atoms with van der Waals surface area (Å²) in [5.74, 6) is -1.96. The van der Waals surface area contributed by atoms with Gasteiger partial charge in [-0.3, -0.25) is 33.8 Å². The molecule has 0 bridgehead atoms. The number of unbranched alkanes of at least 4 members (excludes halogenated alkanes) is 2. The Balaban J connectivity index is 0.000000365. The highest BCUT2D eigenvalue weighted by Crippen LogP contribution is 2.08. The lowest BCUT2D eigenvalue weighted by Gasteiger charge is -2.12. The van der Waals surface area contributed by atoms with E-state index in [-0.39, 0.29) is 49.4 Å². The van der Waals surface area contributed by atoms with Crippen molar-refractivity contribution in [3.8, 4) is 0 Å². The van der Waals surface area contributed by atoms with Crippen LogP contribution < -0.4 is 0 Å². The van der Waals surface area contributed by atoms with Gasteiger partial charge in [-0.15, -0.1) is 0 Å². The maximum Gasteiger partial charge on any atom is 0.330 e. The second-order valence-electron chi connectivity index (χ2n) is 7.12. The van der Waals surface area contributed by atoms with Gasteiger partial charge in [0.15, 0.2) is 0 Å². The molecule has 35 heavy (non-hydrogen) atoms. The fraction of sp³-hybridized carbons (Fsp3) is 0.417. The molecule has 0 aromatic heterocycles. The zero-order chi connectivity index (χ0) is 26.1. The average Bonchev–Trinajstić information content (AvgIpc) is 3.34. The van der Waals surface area contributed by atoms with Crippen LogP contribution in [0.15, 0.2) is 49.8 Å². The highest BCUT2D eigenvalue weighted by Gasteiger charge is 2.23. The third-order valence-corrected chi connectivity index (χ3v) is 4.58. The van der Waals surface area contributed by atoms with Gasteiger partial charge in [-0.25, -0.2) is 4.79 Å². The van der Waals surface area contributed by atoms with Crippen molar-refractivity contribution in [2.75, 3.05) is 32.9 Å². The van der Waals surface area contributed by atoms with E-state index in [1.165, 1.54) is 35.5 Å². The third kappa shape index (κ3) is 11.6. The van der Waals surface area contributed by atoms with Crippen LogP contribution in [0.4, 0.5) is 0 Å². The molecule has 2 aliphatic rings. The number of carbonyl (C=O) groups is 6. The maximum atomic E-state index is 11.3. The topological polar surface area (TPSA) is 137 Å². The van der Waals surface area contributed by atoms with E-state index in [0.717, 1.165) is 17.4 Å². The number of rotatable bonds is 15. The molecule has 0 spiro atoms. The zero-order valence-corrected chi connectivity index (χ0v) is 19.5. The molecule has 0 N–H and O–H groups in total. The van der Waals surface area contributed by atoms with Crippen molar-refractivity contribution in [2.24, 2.45) is 0 Å². The molecule has 190 valence electrons. The van der Waals surface area contributed by atoms with E-state index in [1.807, 2.05) is 0 Å². The van der Waals surface area contributed by atoms with Crippen LogP contribution in [-0.2, 0) is 43.0 Å². The van der Waals surface area contributed by atoms with E-state index < -0.39 is 5.97 Å². The minimum atomic E-state index is -0.507. The van der Waals surface area contributed by atoms with Crippen LogP contribution in [0.2, 0.25) is 0 Å². The fourth-order valence-corrected chi connectivity index (χ4v) is 2.83. The Morgan fingerprint density at radius 2 is 1.26 bits per heavy atom. The lowest BCUT2D eigenvalue weighted by molar-refractivity contribution is -0.145. The Hall–Kier alpha value is -4.02. The maximum absolute atomic E-state index is 11.3. The summed E-state index contributed by atoms with van der Waals surface area (Å²) in [6.07, 6.45) is 10.2. The number of esters is 2. The second kappa shape index (κ2) is 16.6. The van der Waals surface area contributed by atoms with Crippen molar-refractivity contribution in [3.63, 3.8) is 0 Å². The van der Waals surface area contributed by atoms with Crippen LogP contribution in [0.25, 0.3) is 0 Å². The van der Waals surface area contributed by atoms with Gasteiger partial charge in [-0.2, -0.15) is 0 Å². The molecule has 0 aliphatic carbocycles. The van der Waals surface area contributed by atoms with Crippen LogP contribution in [0.3, 0.4) is 0 Å². The molecule has 2 rings (SSSR count). The zero-order valence-electron chi connectivity index (χ0n) is 19.5. The monoisotopic (exact) mass is 490 g/mol. The molecule has 0 unspecified atom stereocenters. The molecule has 0 atom stereocenters. The van der Waals surface area contributed by atoms with Gasteiger partial charge in [0.1, 0.15) is 13.2 Å². The number of ether oxygens (including phenoxy) is 3. The Morgan fingerprint density at radius 3 is 1.77 bits per heavy atom. The Morgan fingerprint density at radius 1 is 0.714 bits per heavy atom. The normalized spacial score (nSPS) is 14.1. The van der Waals surface area contributed by atoms with Gasteiger partial charge < -0.3 is 14.2 Å². The molecule has 0 aromatic carbocycles. The smallest absolute Gasteiger partial charge is 0.330 e. The van der Waals surface area contributed by atoms with Gasteiger partial charge in [-0.05, 0) is 19.3 Å². The molecule has 11 heteroatoms. The highest BCUT2D eigenvalue weighted by atomic mass is 16.6. The Labute approximate surface area is 203 Å². The Kier molecular flexibility index (Phi) is 13.7. The predicted octanol–water partition coefficient (Wildman–Crippen LogP) is 1.21. The van der Waals surface area contributed by atoms with E-state index in [0.29, 0.717) is 38.8 Å². The molecule has 0 fully saturated rings. The number of hydrogen-bond donors (Lipinski definition) is 0. The molecule has 0 saturated heterocycles. The average molecular weight is 491 g/mol. The Bertz CT molecular complexity index is 840. The molecule has 2 aliphatic heterocycles. The quantitative estimate of drug-likeness (QED) is 0.109. The minimum Gasteiger partial charge on any atom is -0.498 e. The molecule has 2 heterocycles. The molecular formula is C24H30N2O9. The van der Waals surface area contributed by atoms with Gasteiger partial charge in [0.25, 0.3) is 23.6 Å². The number of carbonyl (C=O) groups excluding carboxylic acids is 6. The van der Waals surface area contributed by atoms with Gasteiger partial charge >= 0.3 is 11.9 Å². The van der Waals surface area contributed by atoms with E-state index in [4.69, 9.17) is 14.2 Å². The lowest BCUT2D eigenvalue weighted by Crippen LogP contribution is -2.31. The summed E-state index contributed by atoms with van der Waals surface area (Å²) >= 11 is 0. The first-order valence-electron chi connectivity index (χ1n) is 11.0. The van der Waals surface area contributed by atoms with E-state index in [2.05, 4.69) is 13.2 Å². The lowest BCUT2D eigenvalue weighted by atomic mass is 10.2. The van der Waals surface area contributed by atoms with Crippen molar-refractivity contribution in [1.29, 1.82) is 0 Å². The van der Waals surface area contributed by atoms with Crippen LogP contribution >= 0.6 is 0 Å². The van der Waals surface area contributed by atoms with Crippen molar-refractivity contribution >= 4 is 35.6 Å². The second-order valence-corrected chi connectivity index (χ2v) is 7.12. The van der Waals surface area contributed by atoms with Gasteiger partial charge in [0, 0.05) is 49.9 Å². The van der Waals surface area contributed by atoms with Gasteiger partial charge in [0.2, 0.25) is 0 Å². The summed E-state index contributed by atoms with van der Waals surface area (Å²) in [6.45, 7) is 7.96. The number of hydrogen-bond acceptors (Lipinski definition) is 9. The van der Waals surface area contributed by atoms with Gasteiger partial charge in [0.05, 0.1) is 12.9 Å². The largest absolute Gasteiger partial charge is 0.498 e. The van der Waals surface area contributed by atoms with Crippen LogP contribution in [0, 0.1) is 0 Å². The van der Waals surface area contributed by atoms with E-state index in [1.54, 1.807) is 0 Å². The number of imide groups is 2. The van der Waals surface area contributed by atoms with E-state index >= 15 is 0 Å². The van der Waals surface area contributed by atoms with Gasteiger partial charge in [-0.1, -0.05) is 19.6 Å². The fourth-order valence-electron chi connectivity index (χ4n) is 2.83. The first kappa shape index (κ1) is 29.0. The predicted molar refractivity (Wildman–Crippen MR) is 123 cm³/mol. The molecule has 0 aromatic rings. The van der Waals surface area contributed by atoms with Crippen LogP contribution in [-0.4, -0.2) is 78.3 Å². The summed E-state index contributed by atoms with van der Waals surface area (Å²) in [4.78, 5) is 68.9. The minimum absolute atomic E-state index is 0.169. The van der Waals surface area contributed by atoms with Crippen LogP contribution in [0.5, 0.6) is 0 Å². The van der Waals surface area contributed by atoms with Crippen molar-refractivity contribution in [2.45, 2.75) is 32.1 Å². The van der Waals surface area contributed by atoms with Crippen molar-refractivity contribution < 1.29 is 43.0 Å². The van der Waals surface area contributed by atoms with E-state index in [9.17, 15) is 28.8 Å². The molecule has 0 radical (unpaired) electrons. The van der Waals surface area contributed by atoms with Crippen LogP contribution in [0.1, 0.15) is 32.1 Å². The molecular weight excluding hydrogens is 460 g/mol. The summed E-state index contributed by atoms with van der Waals surface area (Å²) in [5, 5.41) is 0. The third-order valence-electron chi connectivity index (χ3n) is 4.58. The SMILES string of the molecule is C=CC(=O)OCCCN1C(=O)C=CC1=O.C=COCCOC(=O)CCCCCN1C(=O)C=CC1=O. The molecule has 0 saturated carbocycles. The first-order chi connectivity index (χ1) is 16.8. The highest BCUT2D eigenvalue weighted by molar-refractivity contribution is 6.13. The summed E-state index contributed by atoms with van der Waals surface area (Å²) in [7, 11) is 0. The molecule has 11 nitrogen and oxygen atoms in total. The standard InChI is InChI=1S/C14H19NO5.C10H11NO4/c1-2-19-10-11-20-14(18)6-4-3-5-9-15-12(16)7-8-13(15)17;1-2-10(14)15-7-3-6-11-8(12)4-5-9(11)13/h2,7-8H,1,3-6,9-11H2;2,4-5H,1,3,6-7H2. The summed E-state index contributed by atoms with van der Waals surface area (Å²) < 4.78 is 14.4. The van der Waals surface area contributed by atoms with Crippen molar-refractivity contribution in [1.82, 2.24) is 9.80 Å². The first-order valence-corrected chi connectivity index (χ1v) is 11.0. The number of amides is 4. The molecule has 4 amide bonds. The summed E-state index contributed by atoms with van der Waals surface area (Å²) in [5.41, 5.74) is 0.